The van der Waals surface area contributed by atoms with Crippen LogP contribution in [0, 0.1) is 0 Å². The van der Waals surface area contributed by atoms with Crippen molar-refractivity contribution < 1.29 is 25.3 Å². The van der Waals surface area contributed by atoms with Gasteiger partial charge in [0.25, 0.3) is 0 Å². The Morgan fingerprint density at radius 2 is 0.886 bits per heavy atom. The molecule has 9 nitrogen and oxygen atoms in total. The Kier molecular flexibility index (Phi) is 9.39. The Hall–Kier alpha value is -2.35. The molecule has 0 fully saturated rings. The van der Waals surface area contributed by atoms with Crippen LogP contribution in [0.1, 0.15) is 0 Å². The van der Waals surface area contributed by atoms with Crippen molar-refractivity contribution in [3.63, 3.8) is 0 Å². The summed E-state index contributed by atoms with van der Waals surface area (Å²) < 4.78 is 81.0. The number of allylic oxidation sites excluding steroid dienone is 6. The summed E-state index contributed by atoms with van der Waals surface area (Å²) in [7, 11) is -10.8. The summed E-state index contributed by atoms with van der Waals surface area (Å²) in [5.41, 5.74) is 0. The molecule has 0 saturated carbocycles. The van der Waals surface area contributed by atoms with Gasteiger partial charge in [-0.3, -0.25) is 0 Å². The number of rotatable bonds is 14. The van der Waals surface area contributed by atoms with E-state index in [1.807, 2.05) is 0 Å². The molecule has 0 spiro atoms. The van der Waals surface area contributed by atoms with E-state index in [1.54, 1.807) is 97.2 Å². The van der Waals surface area contributed by atoms with Crippen LogP contribution < -0.4 is 9.44 Å². The molecule has 0 aromatic heterocycles. The summed E-state index contributed by atoms with van der Waals surface area (Å²) in [6.07, 6.45) is 25.7. The van der Waals surface area contributed by atoms with Crippen LogP contribution in [-0.4, -0.2) is 71.5 Å². The van der Waals surface area contributed by atoms with E-state index in [-0.39, 0.29) is 26.2 Å². The molecule has 0 bridgehead atoms. The Bertz CT molecular complexity index is 1210. The van der Waals surface area contributed by atoms with Gasteiger partial charge in [-0.2, -0.15) is 4.31 Å². The molecule has 3 aliphatic rings. The minimum absolute atomic E-state index is 0.0270. The zero-order chi connectivity index (χ0) is 25.4. The maximum Gasteiger partial charge on any atom is 0.224 e. The van der Waals surface area contributed by atoms with Crippen LogP contribution in [0.2, 0.25) is 0 Å². The lowest BCUT2D eigenvalue weighted by molar-refractivity contribution is 0.471. The Labute approximate surface area is 207 Å². The fourth-order valence-corrected chi connectivity index (χ4v) is 7.12. The molecule has 0 radical (unpaired) electrons. The Morgan fingerprint density at radius 3 is 1.26 bits per heavy atom. The molecule has 2 N–H and O–H groups in total. The molecule has 0 unspecified atom stereocenters. The molecule has 3 rings (SSSR count). The van der Waals surface area contributed by atoms with Gasteiger partial charge >= 0.3 is 0 Å². The van der Waals surface area contributed by atoms with E-state index in [1.165, 1.54) is 4.31 Å². The molecular formula is C23H29N3O6S3. The first-order chi connectivity index (χ1) is 16.6. The van der Waals surface area contributed by atoms with Crippen LogP contribution in [0.25, 0.3) is 0 Å². The monoisotopic (exact) mass is 539 g/mol. The van der Waals surface area contributed by atoms with Crippen LogP contribution in [0.3, 0.4) is 0 Å². The minimum Gasteiger partial charge on any atom is -0.211 e. The molecule has 12 heteroatoms. The Morgan fingerprint density at radius 1 is 0.543 bits per heavy atom. The lowest BCUT2D eigenvalue weighted by atomic mass is 10.4. The van der Waals surface area contributed by atoms with Gasteiger partial charge in [0, 0.05) is 26.2 Å². The van der Waals surface area contributed by atoms with Crippen molar-refractivity contribution >= 4 is 30.1 Å². The van der Waals surface area contributed by atoms with E-state index in [0.717, 1.165) is 0 Å². The van der Waals surface area contributed by atoms with Crippen LogP contribution in [0.4, 0.5) is 0 Å². The largest absolute Gasteiger partial charge is 0.224 e. The summed E-state index contributed by atoms with van der Waals surface area (Å²) in [4.78, 5) is 0. The molecule has 0 saturated heterocycles. The zero-order valence-electron chi connectivity index (χ0n) is 18.9. The molecule has 0 aromatic rings. The summed E-state index contributed by atoms with van der Waals surface area (Å²) in [6, 6.07) is 0. The highest BCUT2D eigenvalue weighted by Crippen LogP contribution is 2.16. The Balaban J connectivity index is 1.56. The van der Waals surface area contributed by atoms with Gasteiger partial charge in [0.2, 0.25) is 30.1 Å². The van der Waals surface area contributed by atoms with Crippen molar-refractivity contribution in [1.29, 1.82) is 0 Å². The zero-order valence-corrected chi connectivity index (χ0v) is 21.4. The normalized spacial score (nSPS) is 19.2. The average Bonchev–Trinajstić information content (AvgIpc) is 3.60. The highest BCUT2D eigenvalue weighted by molar-refractivity contribution is 7.90. The van der Waals surface area contributed by atoms with Crippen LogP contribution >= 0.6 is 0 Å². The van der Waals surface area contributed by atoms with E-state index in [9.17, 15) is 25.3 Å². The van der Waals surface area contributed by atoms with Gasteiger partial charge in [-0.25, -0.2) is 34.7 Å². The van der Waals surface area contributed by atoms with Gasteiger partial charge in [-0.1, -0.05) is 97.2 Å². The van der Waals surface area contributed by atoms with Crippen LogP contribution in [0.5, 0.6) is 0 Å². The number of nitrogens with zero attached hydrogens (tertiary/aromatic N) is 1. The summed E-state index contributed by atoms with van der Waals surface area (Å²) in [6.45, 7) is 0.108. The predicted octanol–water partition coefficient (Wildman–Crippen LogP) is 1.05. The number of sulfonamides is 3. The van der Waals surface area contributed by atoms with Gasteiger partial charge in [-0.15, -0.1) is 0 Å². The minimum atomic E-state index is -3.71. The highest BCUT2D eigenvalue weighted by Gasteiger charge is 2.28. The van der Waals surface area contributed by atoms with Crippen LogP contribution in [-0.2, 0) is 30.1 Å². The SMILES string of the molecule is O=S(=O)(NC/C=C/CN(C/C=C/CNS(=O)(=O)C1C=CC=C1)S(=O)(=O)C1C=CC=C1)C1C=CC=C1. The van der Waals surface area contributed by atoms with E-state index in [0.29, 0.717) is 0 Å². The quantitative estimate of drug-likeness (QED) is 0.318. The van der Waals surface area contributed by atoms with Crippen molar-refractivity contribution in [2.75, 3.05) is 26.2 Å². The van der Waals surface area contributed by atoms with E-state index < -0.39 is 45.8 Å². The van der Waals surface area contributed by atoms with Gasteiger partial charge in [-0.05, 0) is 0 Å². The first-order valence-corrected chi connectivity index (χ1v) is 15.5. The van der Waals surface area contributed by atoms with Gasteiger partial charge in [0.15, 0.2) is 0 Å². The van der Waals surface area contributed by atoms with E-state index >= 15 is 0 Å². The lowest BCUT2D eigenvalue weighted by Crippen LogP contribution is -2.37. The standard InChI is InChI=1S/C23H29N3O6S3/c27-33(28,21-11-1-2-12-21)24-17-7-9-19-26(35(31,32)23-15-5-6-16-23)20-10-8-18-25-34(29,30)22-13-3-4-14-22/h1-16,21-25H,17-20H2/b9-7+,10-8+. The predicted molar refractivity (Wildman–Crippen MR) is 139 cm³/mol. The summed E-state index contributed by atoms with van der Waals surface area (Å²) >= 11 is 0. The second-order valence-electron chi connectivity index (χ2n) is 7.79. The molecule has 0 aliphatic heterocycles. The van der Waals surface area contributed by atoms with Gasteiger partial charge in [0.05, 0.1) is 0 Å². The molecule has 35 heavy (non-hydrogen) atoms. The molecule has 0 atom stereocenters. The maximum absolute atomic E-state index is 13.0. The third kappa shape index (κ3) is 7.56. The lowest BCUT2D eigenvalue weighted by Gasteiger charge is -2.22. The first kappa shape index (κ1) is 27.2. The second kappa shape index (κ2) is 12.1. The fraction of sp³-hybridized carbons (Fsp3) is 0.304. The number of nitrogens with one attached hydrogen (secondary N) is 2. The topological polar surface area (TPSA) is 130 Å². The third-order valence-corrected chi connectivity index (χ3v) is 10.5. The molecule has 3 aliphatic carbocycles. The fourth-order valence-electron chi connectivity index (χ4n) is 3.37. The van der Waals surface area contributed by atoms with Crippen molar-refractivity contribution in [2.24, 2.45) is 0 Å². The van der Waals surface area contributed by atoms with E-state index in [4.69, 9.17) is 0 Å². The highest BCUT2D eigenvalue weighted by atomic mass is 32.2. The summed E-state index contributed by atoms with van der Waals surface area (Å²) in [5.74, 6) is 0. The van der Waals surface area contributed by atoms with Crippen LogP contribution in [0.15, 0.2) is 97.2 Å². The number of hydrogen-bond acceptors (Lipinski definition) is 6. The van der Waals surface area contributed by atoms with Gasteiger partial charge in [0.1, 0.15) is 15.7 Å². The average molecular weight is 540 g/mol. The van der Waals surface area contributed by atoms with Crippen molar-refractivity contribution in [3.05, 3.63) is 97.2 Å². The molecule has 0 aromatic carbocycles. The van der Waals surface area contributed by atoms with Gasteiger partial charge < -0.3 is 0 Å². The van der Waals surface area contributed by atoms with E-state index in [2.05, 4.69) is 9.44 Å². The summed E-state index contributed by atoms with van der Waals surface area (Å²) in [5, 5.41) is -2.21. The number of hydrogen-bond donors (Lipinski definition) is 2. The van der Waals surface area contributed by atoms with Crippen molar-refractivity contribution in [1.82, 2.24) is 13.7 Å². The maximum atomic E-state index is 13.0. The molecule has 190 valence electrons. The molecule has 0 heterocycles. The van der Waals surface area contributed by atoms with Crippen molar-refractivity contribution in [3.8, 4) is 0 Å². The molecular weight excluding hydrogens is 510 g/mol. The first-order valence-electron chi connectivity index (χ1n) is 10.9. The smallest absolute Gasteiger partial charge is 0.211 e. The third-order valence-electron chi connectivity index (χ3n) is 5.31. The van der Waals surface area contributed by atoms with Crippen molar-refractivity contribution in [2.45, 2.75) is 15.7 Å². The second-order valence-corrected chi connectivity index (χ2v) is 13.7. The molecule has 0 amide bonds.